The van der Waals surface area contributed by atoms with Gasteiger partial charge in [-0.05, 0) is 43.2 Å². The number of hydrogen-bond donors (Lipinski definition) is 1. The van der Waals surface area contributed by atoms with Crippen LogP contribution in [0.1, 0.15) is 25.8 Å². The number of nitrogens with one attached hydrogen (secondary N) is 1. The highest BCUT2D eigenvalue weighted by atomic mass is 16.6. The summed E-state index contributed by atoms with van der Waals surface area (Å²) in [6, 6.07) is 12.0. The van der Waals surface area contributed by atoms with Gasteiger partial charge in [0.15, 0.2) is 17.6 Å². The van der Waals surface area contributed by atoms with Gasteiger partial charge in [-0.2, -0.15) is 0 Å². The Bertz CT molecular complexity index is 1140. The van der Waals surface area contributed by atoms with Gasteiger partial charge < -0.3 is 23.9 Å². The standard InChI is InChI=1S/C23H23NO6/c1-3-4-15-11-22(25)30-20-13-17(6-7-18(15)20)29-14(2)23(26)24-16-5-8-19-21(12-16)28-10-9-27-19/h5-8,11-14H,3-4,9-10H2,1-2H3,(H,24,26)/t14-/m0/s1. The molecule has 1 N–H and O–H groups in total. The van der Waals surface area contributed by atoms with Crippen molar-refractivity contribution in [2.45, 2.75) is 32.8 Å². The zero-order valence-electron chi connectivity index (χ0n) is 16.9. The minimum absolute atomic E-state index is 0.312. The molecule has 3 aromatic rings. The number of rotatable bonds is 6. The number of hydrogen-bond acceptors (Lipinski definition) is 6. The van der Waals surface area contributed by atoms with Crippen molar-refractivity contribution >= 4 is 22.6 Å². The first-order valence-corrected chi connectivity index (χ1v) is 9.97. The Kier molecular flexibility index (Phi) is 5.61. The summed E-state index contributed by atoms with van der Waals surface area (Å²) in [5.74, 6) is 1.39. The van der Waals surface area contributed by atoms with Gasteiger partial charge in [0.05, 0.1) is 0 Å². The molecule has 0 aliphatic carbocycles. The zero-order valence-corrected chi connectivity index (χ0v) is 16.9. The molecule has 1 aliphatic rings. The number of benzene rings is 2. The van der Waals surface area contributed by atoms with Gasteiger partial charge in [-0.15, -0.1) is 0 Å². The normalized spacial score (nSPS) is 13.7. The Labute approximate surface area is 173 Å². The van der Waals surface area contributed by atoms with E-state index in [9.17, 15) is 9.59 Å². The molecular weight excluding hydrogens is 386 g/mol. The summed E-state index contributed by atoms with van der Waals surface area (Å²) in [5, 5.41) is 3.68. The molecule has 1 amide bonds. The minimum Gasteiger partial charge on any atom is -0.486 e. The topological polar surface area (TPSA) is 87.0 Å². The molecule has 30 heavy (non-hydrogen) atoms. The lowest BCUT2D eigenvalue weighted by atomic mass is 10.1. The van der Waals surface area contributed by atoms with Crippen molar-refractivity contribution in [2.24, 2.45) is 0 Å². The Hall–Kier alpha value is -3.48. The maximum atomic E-state index is 12.6. The molecule has 2 heterocycles. The third-order valence-electron chi connectivity index (χ3n) is 4.81. The van der Waals surface area contributed by atoms with E-state index in [1.54, 1.807) is 37.3 Å². The molecule has 0 saturated heterocycles. The summed E-state index contributed by atoms with van der Waals surface area (Å²) < 4.78 is 22.1. The second kappa shape index (κ2) is 8.49. The average molecular weight is 409 g/mol. The van der Waals surface area contributed by atoms with Gasteiger partial charge in [-0.25, -0.2) is 4.79 Å². The summed E-state index contributed by atoms with van der Waals surface area (Å²) in [6.45, 7) is 4.69. The van der Waals surface area contributed by atoms with Crippen LogP contribution in [0.2, 0.25) is 0 Å². The Morgan fingerprint density at radius 3 is 2.70 bits per heavy atom. The number of carbonyl (C=O) groups is 1. The summed E-state index contributed by atoms with van der Waals surface area (Å²) in [7, 11) is 0. The van der Waals surface area contributed by atoms with Crippen molar-refractivity contribution in [2.75, 3.05) is 18.5 Å². The van der Waals surface area contributed by atoms with Crippen LogP contribution in [-0.2, 0) is 11.2 Å². The van der Waals surface area contributed by atoms with Crippen LogP contribution in [0.4, 0.5) is 5.69 Å². The molecule has 7 heteroatoms. The van der Waals surface area contributed by atoms with Gasteiger partial charge in [0.25, 0.3) is 5.91 Å². The lowest BCUT2D eigenvalue weighted by molar-refractivity contribution is -0.122. The largest absolute Gasteiger partial charge is 0.486 e. The molecule has 1 aliphatic heterocycles. The Morgan fingerprint density at radius 2 is 1.90 bits per heavy atom. The van der Waals surface area contributed by atoms with Crippen LogP contribution >= 0.6 is 0 Å². The highest BCUT2D eigenvalue weighted by molar-refractivity contribution is 5.94. The van der Waals surface area contributed by atoms with E-state index in [0.29, 0.717) is 41.7 Å². The molecule has 0 spiro atoms. The van der Waals surface area contributed by atoms with E-state index in [-0.39, 0.29) is 5.91 Å². The highest BCUT2D eigenvalue weighted by Gasteiger charge is 2.18. The third kappa shape index (κ3) is 4.25. The van der Waals surface area contributed by atoms with Crippen molar-refractivity contribution in [3.8, 4) is 17.2 Å². The Balaban J connectivity index is 1.47. The van der Waals surface area contributed by atoms with Gasteiger partial charge in [-0.3, -0.25) is 4.79 Å². The first-order valence-electron chi connectivity index (χ1n) is 9.97. The van der Waals surface area contributed by atoms with Gasteiger partial charge in [0.2, 0.25) is 0 Å². The molecule has 7 nitrogen and oxygen atoms in total. The molecule has 156 valence electrons. The fourth-order valence-corrected chi connectivity index (χ4v) is 3.38. The molecule has 0 fully saturated rings. The predicted octanol–water partition coefficient (Wildman–Crippen LogP) is 3.92. The van der Waals surface area contributed by atoms with E-state index in [0.717, 1.165) is 23.8 Å². The van der Waals surface area contributed by atoms with Crippen LogP contribution < -0.4 is 25.2 Å². The van der Waals surface area contributed by atoms with Crippen LogP contribution in [0, 0.1) is 0 Å². The number of ether oxygens (including phenoxy) is 3. The fraction of sp³-hybridized carbons (Fsp3) is 0.304. The molecule has 0 radical (unpaired) electrons. The first kappa shape index (κ1) is 19.8. The predicted molar refractivity (Wildman–Crippen MR) is 113 cm³/mol. The van der Waals surface area contributed by atoms with E-state index in [4.69, 9.17) is 18.6 Å². The van der Waals surface area contributed by atoms with Crippen molar-refractivity contribution in [3.63, 3.8) is 0 Å². The van der Waals surface area contributed by atoms with Gasteiger partial charge >= 0.3 is 5.63 Å². The van der Waals surface area contributed by atoms with E-state index in [1.807, 2.05) is 6.07 Å². The molecule has 0 unspecified atom stereocenters. The maximum Gasteiger partial charge on any atom is 0.336 e. The monoisotopic (exact) mass is 409 g/mol. The molecule has 2 aromatic carbocycles. The number of fused-ring (bicyclic) bond motifs is 2. The quantitative estimate of drug-likeness (QED) is 0.621. The maximum absolute atomic E-state index is 12.6. The van der Waals surface area contributed by atoms with Crippen molar-refractivity contribution in [1.82, 2.24) is 0 Å². The van der Waals surface area contributed by atoms with E-state index in [2.05, 4.69) is 12.2 Å². The molecular formula is C23H23NO6. The van der Waals surface area contributed by atoms with Gasteiger partial charge in [0.1, 0.15) is 24.5 Å². The number of amides is 1. The summed E-state index contributed by atoms with van der Waals surface area (Å²) in [4.78, 5) is 24.4. The summed E-state index contributed by atoms with van der Waals surface area (Å²) in [5.41, 5.74) is 1.59. The fourth-order valence-electron chi connectivity index (χ4n) is 3.38. The van der Waals surface area contributed by atoms with Crippen LogP contribution in [0.15, 0.2) is 51.7 Å². The second-order valence-corrected chi connectivity index (χ2v) is 7.11. The molecule has 1 aromatic heterocycles. The molecule has 0 saturated carbocycles. The lowest BCUT2D eigenvalue weighted by Gasteiger charge is -2.20. The minimum atomic E-state index is -0.763. The van der Waals surface area contributed by atoms with Crippen LogP contribution in [0.5, 0.6) is 17.2 Å². The number of anilines is 1. The third-order valence-corrected chi connectivity index (χ3v) is 4.81. The highest BCUT2D eigenvalue weighted by Crippen LogP contribution is 2.32. The van der Waals surface area contributed by atoms with Crippen LogP contribution in [0.25, 0.3) is 11.0 Å². The molecule has 0 bridgehead atoms. The smallest absolute Gasteiger partial charge is 0.336 e. The van der Waals surface area contributed by atoms with E-state index >= 15 is 0 Å². The van der Waals surface area contributed by atoms with Crippen molar-refractivity contribution in [1.29, 1.82) is 0 Å². The first-order chi connectivity index (χ1) is 14.5. The summed E-state index contributed by atoms with van der Waals surface area (Å²) in [6.07, 6.45) is 0.950. The SMILES string of the molecule is CCCc1cc(=O)oc2cc(O[C@@H](C)C(=O)Nc3ccc4c(c3)OCCO4)ccc12. The van der Waals surface area contributed by atoms with Gasteiger partial charge in [0, 0.05) is 29.3 Å². The van der Waals surface area contributed by atoms with Crippen molar-refractivity contribution in [3.05, 3.63) is 58.4 Å². The second-order valence-electron chi connectivity index (χ2n) is 7.11. The summed E-state index contributed by atoms with van der Waals surface area (Å²) >= 11 is 0. The van der Waals surface area contributed by atoms with E-state index < -0.39 is 11.7 Å². The van der Waals surface area contributed by atoms with E-state index in [1.165, 1.54) is 6.07 Å². The zero-order chi connectivity index (χ0) is 21.1. The van der Waals surface area contributed by atoms with Crippen LogP contribution in [-0.4, -0.2) is 25.2 Å². The Morgan fingerprint density at radius 1 is 1.10 bits per heavy atom. The van der Waals surface area contributed by atoms with Gasteiger partial charge in [-0.1, -0.05) is 13.3 Å². The number of carbonyl (C=O) groups excluding carboxylic acids is 1. The van der Waals surface area contributed by atoms with Crippen molar-refractivity contribution < 1.29 is 23.4 Å². The average Bonchev–Trinajstić information content (AvgIpc) is 2.73. The number of aryl methyl sites for hydroxylation is 1. The molecule has 1 atom stereocenters. The lowest BCUT2D eigenvalue weighted by Crippen LogP contribution is -2.30. The van der Waals surface area contributed by atoms with Crippen LogP contribution in [0.3, 0.4) is 0 Å². The molecule has 4 rings (SSSR count).